The summed E-state index contributed by atoms with van der Waals surface area (Å²) in [6.45, 7) is 4.26. The van der Waals surface area contributed by atoms with Crippen molar-refractivity contribution in [1.29, 1.82) is 0 Å². The molecule has 7 heteroatoms. The van der Waals surface area contributed by atoms with Crippen LogP contribution in [0.3, 0.4) is 0 Å². The van der Waals surface area contributed by atoms with Crippen molar-refractivity contribution in [1.82, 2.24) is 15.0 Å². The van der Waals surface area contributed by atoms with Gasteiger partial charge in [0.25, 0.3) is 0 Å². The summed E-state index contributed by atoms with van der Waals surface area (Å²) in [5.41, 5.74) is 12.2. The number of ether oxygens (including phenoxy) is 1. The first-order valence-electron chi connectivity index (χ1n) is 6.16. The van der Waals surface area contributed by atoms with Crippen molar-refractivity contribution in [2.45, 2.75) is 20.3 Å². The molecule has 2 aromatic rings. The quantitative estimate of drug-likeness (QED) is 0.832. The molecule has 0 aromatic carbocycles. The van der Waals surface area contributed by atoms with E-state index in [1.54, 1.807) is 12.3 Å². The Balaban J connectivity index is 2.34. The fourth-order valence-corrected chi connectivity index (χ4v) is 2.04. The molecule has 0 saturated carbocycles. The maximum atomic E-state index is 5.80. The highest BCUT2D eigenvalue weighted by atomic mass is 79.9. The lowest BCUT2D eigenvalue weighted by Crippen LogP contribution is -2.03. The van der Waals surface area contributed by atoms with Gasteiger partial charge in [0.2, 0.25) is 5.95 Å². The molecule has 0 amide bonds. The van der Waals surface area contributed by atoms with Gasteiger partial charge in [-0.15, -0.1) is 0 Å². The van der Waals surface area contributed by atoms with E-state index < -0.39 is 0 Å². The first kappa shape index (κ1) is 14.5. The largest absolute Gasteiger partial charge is 0.451 e. The minimum absolute atomic E-state index is 0.119. The fourth-order valence-electron chi connectivity index (χ4n) is 1.72. The van der Waals surface area contributed by atoms with E-state index >= 15 is 0 Å². The molecule has 6 nitrogen and oxygen atoms in total. The molecular weight excluding hydrogens is 322 g/mol. The van der Waals surface area contributed by atoms with E-state index in [1.165, 1.54) is 6.20 Å². The Labute approximate surface area is 125 Å². The summed E-state index contributed by atoms with van der Waals surface area (Å²) in [7, 11) is 0. The first-order valence-corrected chi connectivity index (χ1v) is 6.95. The van der Waals surface area contributed by atoms with E-state index in [2.05, 4.69) is 44.7 Å². The smallest absolute Gasteiger partial charge is 0.222 e. The van der Waals surface area contributed by atoms with Gasteiger partial charge in [-0.3, -0.25) is 0 Å². The molecule has 2 aromatic heterocycles. The molecule has 2 rings (SSSR count). The summed E-state index contributed by atoms with van der Waals surface area (Å²) in [5.74, 6) is 1.87. The zero-order valence-electron chi connectivity index (χ0n) is 11.3. The lowest BCUT2D eigenvalue weighted by atomic mass is 10.0. The summed E-state index contributed by atoms with van der Waals surface area (Å²) in [5, 5.41) is 0. The van der Waals surface area contributed by atoms with Gasteiger partial charge in [0.05, 0.1) is 6.20 Å². The topological polar surface area (TPSA) is 99.9 Å². The van der Waals surface area contributed by atoms with Crippen LogP contribution in [0.1, 0.15) is 19.4 Å². The molecule has 0 aliphatic heterocycles. The van der Waals surface area contributed by atoms with Crippen molar-refractivity contribution in [2.24, 2.45) is 5.92 Å². The summed E-state index contributed by atoms with van der Waals surface area (Å²) >= 11 is 3.33. The third-order valence-electron chi connectivity index (χ3n) is 2.56. The summed E-state index contributed by atoms with van der Waals surface area (Å²) in [6, 6.07) is 1.80. The molecule has 0 saturated heterocycles. The number of nitrogen functional groups attached to an aromatic ring is 2. The van der Waals surface area contributed by atoms with Crippen molar-refractivity contribution in [3.05, 3.63) is 28.6 Å². The lowest BCUT2D eigenvalue weighted by Gasteiger charge is -2.13. The standard InChI is InChI=1S/C13H16BrN5O/c1-7(2)3-8-5-17-11(14)4-9(8)20-10-6-18-13(16)19-12(10)15/h4-7H,3H2,1-2H3,(H4,15,16,18,19). The normalized spacial score (nSPS) is 10.8. The van der Waals surface area contributed by atoms with Gasteiger partial charge in [0, 0.05) is 17.8 Å². The summed E-state index contributed by atoms with van der Waals surface area (Å²) in [6.07, 6.45) is 4.10. The zero-order chi connectivity index (χ0) is 14.7. The van der Waals surface area contributed by atoms with Crippen LogP contribution in [0, 0.1) is 5.92 Å². The molecule has 4 N–H and O–H groups in total. The number of halogens is 1. The number of nitrogens with zero attached hydrogens (tertiary/aromatic N) is 3. The number of aromatic nitrogens is 3. The van der Waals surface area contributed by atoms with Crippen LogP contribution < -0.4 is 16.2 Å². The number of anilines is 2. The highest BCUT2D eigenvalue weighted by Crippen LogP contribution is 2.31. The fraction of sp³-hybridized carbons (Fsp3) is 0.308. The molecule has 0 radical (unpaired) electrons. The number of hydrogen-bond acceptors (Lipinski definition) is 6. The highest BCUT2D eigenvalue weighted by molar-refractivity contribution is 9.10. The van der Waals surface area contributed by atoms with Crippen LogP contribution in [-0.2, 0) is 6.42 Å². The van der Waals surface area contributed by atoms with Crippen molar-refractivity contribution >= 4 is 27.7 Å². The van der Waals surface area contributed by atoms with Crippen LogP contribution in [0.15, 0.2) is 23.1 Å². The maximum Gasteiger partial charge on any atom is 0.222 e. The molecule has 20 heavy (non-hydrogen) atoms. The van der Waals surface area contributed by atoms with E-state index in [9.17, 15) is 0 Å². The number of nitrogens with two attached hydrogens (primary N) is 2. The molecule has 106 valence electrons. The van der Waals surface area contributed by atoms with Crippen LogP contribution in [-0.4, -0.2) is 15.0 Å². The van der Waals surface area contributed by atoms with Crippen LogP contribution in [0.25, 0.3) is 0 Å². The minimum Gasteiger partial charge on any atom is -0.451 e. The monoisotopic (exact) mass is 337 g/mol. The van der Waals surface area contributed by atoms with Crippen molar-refractivity contribution in [3.63, 3.8) is 0 Å². The molecule has 0 aliphatic carbocycles. The molecular formula is C13H16BrN5O. The van der Waals surface area contributed by atoms with Crippen molar-refractivity contribution in [2.75, 3.05) is 11.5 Å². The van der Waals surface area contributed by atoms with E-state index in [1.807, 2.05) is 0 Å². The Morgan fingerprint density at radius 3 is 2.60 bits per heavy atom. The third-order valence-corrected chi connectivity index (χ3v) is 2.99. The Morgan fingerprint density at radius 2 is 1.95 bits per heavy atom. The average molecular weight is 338 g/mol. The summed E-state index contributed by atoms with van der Waals surface area (Å²) in [4.78, 5) is 12.0. The van der Waals surface area contributed by atoms with Crippen LogP contribution in [0.2, 0.25) is 0 Å². The van der Waals surface area contributed by atoms with Gasteiger partial charge < -0.3 is 16.2 Å². The lowest BCUT2D eigenvalue weighted by molar-refractivity contribution is 0.467. The summed E-state index contributed by atoms with van der Waals surface area (Å²) < 4.78 is 6.49. The maximum absolute atomic E-state index is 5.80. The molecule has 0 atom stereocenters. The van der Waals surface area contributed by atoms with Gasteiger partial charge >= 0.3 is 0 Å². The Morgan fingerprint density at radius 1 is 1.20 bits per heavy atom. The van der Waals surface area contributed by atoms with E-state index in [0.29, 0.717) is 22.0 Å². The SMILES string of the molecule is CC(C)Cc1cnc(Br)cc1Oc1cnc(N)nc1N. The molecule has 0 bridgehead atoms. The Hall–Kier alpha value is -1.89. The second kappa shape index (κ2) is 6.04. The predicted molar refractivity (Wildman–Crippen MR) is 81.4 cm³/mol. The Bertz CT molecular complexity index is 618. The first-order chi connectivity index (χ1) is 9.45. The van der Waals surface area contributed by atoms with Crippen molar-refractivity contribution in [3.8, 4) is 11.5 Å². The van der Waals surface area contributed by atoms with Gasteiger partial charge in [0.1, 0.15) is 10.4 Å². The van der Waals surface area contributed by atoms with Gasteiger partial charge in [-0.1, -0.05) is 13.8 Å². The Kier molecular flexibility index (Phi) is 4.39. The van der Waals surface area contributed by atoms with Gasteiger partial charge in [-0.25, -0.2) is 9.97 Å². The predicted octanol–water partition coefficient (Wildman–Crippen LogP) is 2.79. The van der Waals surface area contributed by atoms with E-state index in [4.69, 9.17) is 16.2 Å². The van der Waals surface area contributed by atoms with E-state index in [0.717, 1.165) is 12.0 Å². The van der Waals surface area contributed by atoms with Crippen LogP contribution in [0.4, 0.5) is 11.8 Å². The van der Waals surface area contributed by atoms with Gasteiger partial charge in [0.15, 0.2) is 11.6 Å². The average Bonchev–Trinajstić information content (AvgIpc) is 2.35. The zero-order valence-corrected chi connectivity index (χ0v) is 12.9. The van der Waals surface area contributed by atoms with Gasteiger partial charge in [-0.05, 0) is 28.3 Å². The highest BCUT2D eigenvalue weighted by Gasteiger charge is 2.11. The second-order valence-electron chi connectivity index (χ2n) is 4.79. The third kappa shape index (κ3) is 3.57. The molecule has 2 heterocycles. The molecule has 0 spiro atoms. The van der Waals surface area contributed by atoms with Crippen LogP contribution in [0.5, 0.6) is 11.5 Å². The molecule has 0 fully saturated rings. The van der Waals surface area contributed by atoms with Crippen molar-refractivity contribution < 1.29 is 4.74 Å². The number of pyridine rings is 1. The van der Waals surface area contributed by atoms with Crippen LogP contribution >= 0.6 is 15.9 Å². The van der Waals surface area contributed by atoms with E-state index in [-0.39, 0.29) is 11.8 Å². The van der Waals surface area contributed by atoms with Gasteiger partial charge in [-0.2, -0.15) is 4.98 Å². The second-order valence-corrected chi connectivity index (χ2v) is 5.60. The number of hydrogen-bond donors (Lipinski definition) is 2. The molecule has 0 aliphatic rings. The number of rotatable bonds is 4. The minimum atomic E-state index is 0.119. The molecule has 0 unspecified atom stereocenters.